The number of piperazine rings is 1. The van der Waals surface area contributed by atoms with Gasteiger partial charge < -0.3 is 14.2 Å². The van der Waals surface area contributed by atoms with Crippen molar-refractivity contribution in [3.05, 3.63) is 70.5 Å². The first-order valence-corrected chi connectivity index (χ1v) is 9.43. The lowest BCUT2D eigenvalue weighted by atomic mass is 10.2. The number of aryl methyl sites for hydroxylation is 1. The van der Waals surface area contributed by atoms with Gasteiger partial charge in [-0.15, -0.1) is 5.10 Å². The van der Waals surface area contributed by atoms with Crippen molar-refractivity contribution in [1.82, 2.24) is 14.7 Å². The molecule has 1 fully saturated rings. The maximum Gasteiger partial charge on any atom is 0.437 e. The molecule has 8 heteroatoms. The molecule has 4 rings (SSSR count). The number of rotatable bonds is 4. The van der Waals surface area contributed by atoms with Crippen molar-refractivity contribution in [3.8, 4) is 11.5 Å². The monoisotopic (exact) mass is 396 g/mol. The third-order valence-electron chi connectivity index (χ3n) is 4.98. The standard InChI is InChI=1S/C21H21FN4O3/c1-15-3-2-4-18(13-15)24-9-11-25(12-10-24)19(27)14-26-21(28)29-20(23-26)16-5-7-17(22)8-6-16/h2-8,13H,9-12,14H2,1H3. The van der Waals surface area contributed by atoms with E-state index in [-0.39, 0.29) is 18.3 Å². The van der Waals surface area contributed by atoms with Crippen molar-refractivity contribution >= 4 is 11.6 Å². The van der Waals surface area contributed by atoms with E-state index in [0.717, 1.165) is 23.5 Å². The van der Waals surface area contributed by atoms with Gasteiger partial charge in [-0.3, -0.25) is 4.79 Å². The molecule has 1 aliphatic rings. The number of nitrogens with zero attached hydrogens (tertiary/aromatic N) is 4. The number of amides is 1. The summed E-state index contributed by atoms with van der Waals surface area (Å²) in [5.74, 6) is -1.23. The molecule has 2 heterocycles. The molecular weight excluding hydrogens is 375 g/mol. The molecule has 0 aliphatic carbocycles. The Morgan fingerprint density at radius 2 is 1.83 bits per heavy atom. The number of carbonyl (C=O) groups excluding carboxylic acids is 1. The van der Waals surface area contributed by atoms with Crippen LogP contribution in [0, 0.1) is 12.7 Å². The number of aromatic nitrogens is 2. The van der Waals surface area contributed by atoms with Crippen molar-refractivity contribution in [3.63, 3.8) is 0 Å². The second-order valence-electron chi connectivity index (χ2n) is 7.04. The van der Waals surface area contributed by atoms with Crippen molar-refractivity contribution in [2.45, 2.75) is 13.5 Å². The Balaban J connectivity index is 1.39. The first-order valence-electron chi connectivity index (χ1n) is 9.43. The highest BCUT2D eigenvalue weighted by Crippen LogP contribution is 2.18. The lowest BCUT2D eigenvalue weighted by Gasteiger charge is -2.36. The van der Waals surface area contributed by atoms with E-state index < -0.39 is 11.6 Å². The summed E-state index contributed by atoms with van der Waals surface area (Å²) in [7, 11) is 0. The van der Waals surface area contributed by atoms with Gasteiger partial charge in [0.1, 0.15) is 12.4 Å². The maximum absolute atomic E-state index is 13.0. The van der Waals surface area contributed by atoms with Gasteiger partial charge >= 0.3 is 5.76 Å². The quantitative estimate of drug-likeness (QED) is 0.677. The van der Waals surface area contributed by atoms with E-state index in [1.54, 1.807) is 4.90 Å². The summed E-state index contributed by atoms with van der Waals surface area (Å²) in [6.45, 7) is 4.47. The molecule has 1 amide bonds. The summed E-state index contributed by atoms with van der Waals surface area (Å²) in [6.07, 6.45) is 0. The first kappa shape index (κ1) is 18.9. The molecule has 1 saturated heterocycles. The van der Waals surface area contributed by atoms with Crippen LogP contribution in [-0.4, -0.2) is 46.8 Å². The van der Waals surface area contributed by atoms with Crippen LogP contribution in [0.15, 0.2) is 57.7 Å². The molecule has 0 radical (unpaired) electrons. The predicted octanol–water partition coefficient (Wildman–Crippen LogP) is 2.30. The van der Waals surface area contributed by atoms with Crippen LogP contribution in [0.3, 0.4) is 0 Å². The molecule has 1 aromatic heterocycles. The number of halogens is 1. The molecule has 7 nitrogen and oxygen atoms in total. The fourth-order valence-electron chi connectivity index (χ4n) is 3.38. The Bertz CT molecular complexity index is 1070. The van der Waals surface area contributed by atoms with E-state index in [9.17, 15) is 14.0 Å². The van der Waals surface area contributed by atoms with Crippen LogP contribution in [0.1, 0.15) is 5.56 Å². The summed E-state index contributed by atoms with van der Waals surface area (Å²) in [5.41, 5.74) is 2.82. The van der Waals surface area contributed by atoms with Gasteiger partial charge in [-0.1, -0.05) is 12.1 Å². The minimum atomic E-state index is -0.712. The topological polar surface area (TPSA) is 71.6 Å². The van der Waals surface area contributed by atoms with Gasteiger partial charge in [0.15, 0.2) is 0 Å². The van der Waals surface area contributed by atoms with Crippen molar-refractivity contribution < 1.29 is 13.6 Å². The molecule has 150 valence electrons. The molecule has 0 unspecified atom stereocenters. The lowest BCUT2D eigenvalue weighted by Crippen LogP contribution is -2.50. The Morgan fingerprint density at radius 3 is 2.52 bits per heavy atom. The molecule has 0 saturated carbocycles. The fraction of sp³-hybridized carbons (Fsp3) is 0.286. The average molecular weight is 396 g/mol. The smallest absolute Gasteiger partial charge is 0.388 e. The number of carbonyl (C=O) groups is 1. The highest BCUT2D eigenvalue weighted by Gasteiger charge is 2.23. The van der Waals surface area contributed by atoms with Gasteiger partial charge in [-0.05, 0) is 48.9 Å². The zero-order valence-electron chi connectivity index (χ0n) is 16.0. The van der Waals surface area contributed by atoms with E-state index in [1.165, 1.54) is 29.8 Å². The summed E-state index contributed by atoms with van der Waals surface area (Å²) in [6, 6.07) is 13.7. The summed E-state index contributed by atoms with van der Waals surface area (Å²) >= 11 is 0. The van der Waals surface area contributed by atoms with Crippen molar-refractivity contribution in [2.24, 2.45) is 0 Å². The van der Waals surface area contributed by atoms with E-state index in [0.29, 0.717) is 18.7 Å². The second kappa shape index (κ2) is 7.90. The van der Waals surface area contributed by atoms with Gasteiger partial charge in [-0.2, -0.15) is 4.68 Å². The Morgan fingerprint density at radius 1 is 1.10 bits per heavy atom. The lowest BCUT2D eigenvalue weighted by molar-refractivity contribution is -0.132. The summed E-state index contributed by atoms with van der Waals surface area (Å²) < 4.78 is 19.2. The number of hydrogen-bond donors (Lipinski definition) is 0. The molecule has 2 aromatic carbocycles. The Kier molecular flexibility index (Phi) is 5.16. The highest BCUT2D eigenvalue weighted by molar-refractivity contribution is 5.76. The third kappa shape index (κ3) is 4.21. The second-order valence-corrected chi connectivity index (χ2v) is 7.04. The number of anilines is 1. The van der Waals surface area contributed by atoms with Crippen LogP contribution >= 0.6 is 0 Å². The van der Waals surface area contributed by atoms with Crippen LogP contribution in [0.5, 0.6) is 0 Å². The summed E-state index contributed by atoms with van der Waals surface area (Å²) in [5, 5.41) is 4.07. The largest absolute Gasteiger partial charge is 0.437 e. The molecule has 0 bridgehead atoms. The molecular formula is C21H21FN4O3. The fourth-order valence-corrected chi connectivity index (χ4v) is 3.38. The maximum atomic E-state index is 13.0. The van der Waals surface area contributed by atoms with Gasteiger partial charge in [0.25, 0.3) is 0 Å². The zero-order valence-corrected chi connectivity index (χ0v) is 16.0. The van der Waals surface area contributed by atoms with E-state index in [2.05, 4.69) is 35.1 Å². The van der Waals surface area contributed by atoms with Gasteiger partial charge in [0.2, 0.25) is 11.8 Å². The zero-order chi connectivity index (χ0) is 20.4. The highest BCUT2D eigenvalue weighted by atomic mass is 19.1. The van der Waals surface area contributed by atoms with E-state index >= 15 is 0 Å². The average Bonchev–Trinajstić information content (AvgIpc) is 3.09. The number of hydrogen-bond acceptors (Lipinski definition) is 5. The molecule has 0 N–H and O–H groups in total. The van der Waals surface area contributed by atoms with Gasteiger partial charge in [0.05, 0.1) is 0 Å². The molecule has 0 atom stereocenters. The minimum Gasteiger partial charge on any atom is -0.388 e. The SMILES string of the molecule is Cc1cccc(N2CCN(C(=O)Cn3nc(-c4ccc(F)cc4)oc3=O)CC2)c1. The van der Waals surface area contributed by atoms with Gasteiger partial charge in [0, 0.05) is 37.4 Å². The Labute approximate surface area is 167 Å². The minimum absolute atomic E-state index is 0.0621. The first-order chi connectivity index (χ1) is 14.0. The van der Waals surface area contributed by atoms with Crippen LogP contribution in [0.2, 0.25) is 0 Å². The molecule has 29 heavy (non-hydrogen) atoms. The van der Waals surface area contributed by atoms with Gasteiger partial charge in [-0.25, -0.2) is 9.18 Å². The molecule has 1 aliphatic heterocycles. The van der Waals surface area contributed by atoms with Crippen LogP contribution in [0.4, 0.5) is 10.1 Å². The van der Waals surface area contributed by atoms with Crippen LogP contribution in [-0.2, 0) is 11.3 Å². The van der Waals surface area contributed by atoms with Crippen molar-refractivity contribution in [1.29, 1.82) is 0 Å². The summed E-state index contributed by atoms with van der Waals surface area (Å²) in [4.78, 5) is 28.6. The van der Waals surface area contributed by atoms with E-state index in [4.69, 9.17) is 4.42 Å². The molecule has 3 aromatic rings. The van der Waals surface area contributed by atoms with Crippen LogP contribution in [0.25, 0.3) is 11.5 Å². The normalized spacial score (nSPS) is 14.3. The third-order valence-corrected chi connectivity index (χ3v) is 4.98. The Hall–Kier alpha value is -3.42. The van der Waals surface area contributed by atoms with E-state index in [1.807, 2.05) is 6.07 Å². The van der Waals surface area contributed by atoms with Crippen LogP contribution < -0.4 is 10.7 Å². The van der Waals surface area contributed by atoms with Crippen molar-refractivity contribution in [2.75, 3.05) is 31.1 Å². The number of benzene rings is 2. The predicted molar refractivity (Wildman–Crippen MR) is 106 cm³/mol. The molecule has 0 spiro atoms.